The SMILES string of the molecule is CCCCCCc1cc(C(F)(F)F)c2cc(CC)ccc2n1. The summed E-state index contributed by atoms with van der Waals surface area (Å²) in [5, 5.41) is 0.212. The molecule has 0 N–H and O–H groups in total. The molecule has 0 unspecified atom stereocenters. The second-order valence-electron chi connectivity index (χ2n) is 5.67. The Labute approximate surface area is 129 Å². The van der Waals surface area contributed by atoms with Crippen LogP contribution in [0.5, 0.6) is 0 Å². The number of halogens is 3. The largest absolute Gasteiger partial charge is 0.417 e. The molecule has 0 saturated heterocycles. The number of hydrogen-bond donors (Lipinski definition) is 0. The Morgan fingerprint density at radius 1 is 1.00 bits per heavy atom. The van der Waals surface area contributed by atoms with Gasteiger partial charge in [-0.1, -0.05) is 39.2 Å². The van der Waals surface area contributed by atoms with E-state index in [4.69, 9.17) is 0 Å². The van der Waals surface area contributed by atoms with Gasteiger partial charge in [0.2, 0.25) is 0 Å². The molecule has 1 aromatic heterocycles. The number of benzene rings is 1. The Hall–Kier alpha value is -1.58. The van der Waals surface area contributed by atoms with Crippen molar-refractivity contribution in [3.05, 3.63) is 41.1 Å². The van der Waals surface area contributed by atoms with Crippen LogP contribution in [0.25, 0.3) is 10.9 Å². The zero-order chi connectivity index (χ0) is 16.2. The minimum Gasteiger partial charge on any atom is -0.253 e. The van der Waals surface area contributed by atoms with Crippen LogP contribution in [0.3, 0.4) is 0 Å². The second-order valence-corrected chi connectivity index (χ2v) is 5.67. The lowest BCUT2D eigenvalue weighted by atomic mass is 10.0. The molecule has 0 amide bonds. The van der Waals surface area contributed by atoms with Gasteiger partial charge in [0, 0.05) is 11.1 Å². The van der Waals surface area contributed by atoms with Crippen molar-refractivity contribution in [1.82, 2.24) is 4.98 Å². The van der Waals surface area contributed by atoms with Crippen LogP contribution >= 0.6 is 0 Å². The van der Waals surface area contributed by atoms with Gasteiger partial charge in [-0.05, 0) is 43.0 Å². The van der Waals surface area contributed by atoms with Gasteiger partial charge >= 0.3 is 6.18 Å². The summed E-state index contributed by atoms with van der Waals surface area (Å²) < 4.78 is 40.0. The number of fused-ring (bicyclic) bond motifs is 1. The van der Waals surface area contributed by atoms with E-state index in [2.05, 4.69) is 11.9 Å². The highest BCUT2D eigenvalue weighted by molar-refractivity contribution is 5.83. The maximum Gasteiger partial charge on any atom is 0.417 e. The summed E-state index contributed by atoms with van der Waals surface area (Å²) in [5.41, 5.74) is 1.33. The molecule has 2 rings (SSSR count). The molecule has 4 heteroatoms. The van der Waals surface area contributed by atoms with E-state index in [0.717, 1.165) is 31.2 Å². The maximum atomic E-state index is 13.3. The summed E-state index contributed by atoms with van der Waals surface area (Å²) in [7, 11) is 0. The third-order valence-electron chi connectivity index (χ3n) is 3.93. The average molecular weight is 309 g/mol. The van der Waals surface area contributed by atoms with Crippen LogP contribution in [0.4, 0.5) is 13.2 Å². The third-order valence-corrected chi connectivity index (χ3v) is 3.93. The predicted octanol–water partition coefficient (Wildman–Crippen LogP) is 5.94. The topological polar surface area (TPSA) is 12.9 Å². The minimum atomic E-state index is -4.34. The highest BCUT2D eigenvalue weighted by atomic mass is 19.4. The molecule has 0 spiro atoms. The summed E-state index contributed by atoms with van der Waals surface area (Å²) in [6, 6.07) is 6.41. The average Bonchev–Trinajstić information content (AvgIpc) is 2.49. The Morgan fingerprint density at radius 3 is 2.41 bits per heavy atom. The molecule has 22 heavy (non-hydrogen) atoms. The van der Waals surface area contributed by atoms with Gasteiger partial charge in [0.05, 0.1) is 11.1 Å². The van der Waals surface area contributed by atoms with Crippen molar-refractivity contribution in [2.45, 2.75) is 58.5 Å². The van der Waals surface area contributed by atoms with Gasteiger partial charge in [-0.25, -0.2) is 0 Å². The molecule has 1 heterocycles. The Balaban J connectivity index is 2.40. The predicted molar refractivity (Wildman–Crippen MR) is 84.0 cm³/mol. The molecule has 0 radical (unpaired) electrons. The summed E-state index contributed by atoms with van der Waals surface area (Å²) in [5.74, 6) is 0. The Morgan fingerprint density at radius 2 is 1.77 bits per heavy atom. The number of hydrogen-bond acceptors (Lipinski definition) is 1. The molecule has 120 valence electrons. The van der Waals surface area contributed by atoms with E-state index in [0.29, 0.717) is 24.1 Å². The first kappa shape index (κ1) is 16.8. The molecule has 0 saturated carbocycles. The van der Waals surface area contributed by atoms with Crippen LogP contribution in [0, 0.1) is 0 Å². The quantitative estimate of drug-likeness (QED) is 0.602. The fourth-order valence-electron chi connectivity index (χ4n) is 2.64. The van der Waals surface area contributed by atoms with E-state index in [-0.39, 0.29) is 5.39 Å². The second kappa shape index (κ2) is 7.12. The molecule has 0 aliphatic rings. The highest BCUT2D eigenvalue weighted by Crippen LogP contribution is 2.35. The number of rotatable bonds is 6. The van der Waals surface area contributed by atoms with E-state index >= 15 is 0 Å². The van der Waals surface area contributed by atoms with Crippen LogP contribution in [-0.2, 0) is 19.0 Å². The van der Waals surface area contributed by atoms with Gasteiger partial charge in [-0.15, -0.1) is 0 Å². The first-order chi connectivity index (χ1) is 10.5. The van der Waals surface area contributed by atoms with Gasteiger partial charge in [0.1, 0.15) is 0 Å². The summed E-state index contributed by atoms with van der Waals surface area (Å²) >= 11 is 0. The molecule has 0 fully saturated rings. The zero-order valence-corrected chi connectivity index (χ0v) is 13.1. The van der Waals surface area contributed by atoms with Gasteiger partial charge < -0.3 is 0 Å². The molecule has 1 aromatic carbocycles. The van der Waals surface area contributed by atoms with E-state index in [1.54, 1.807) is 12.1 Å². The van der Waals surface area contributed by atoms with Crippen molar-refractivity contribution in [3.63, 3.8) is 0 Å². The van der Waals surface area contributed by atoms with E-state index in [1.165, 1.54) is 6.07 Å². The van der Waals surface area contributed by atoms with Crippen molar-refractivity contribution in [2.24, 2.45) is 0 Å². The smallest absolute Gasteiger partial charge is 0.253 e. The first-order valence-electron chi connectivity index (χ1n) is 7.95. The molecular weight excluding hydrogens is 287 g/mol. The van der Waals surface area contributed by atoms with Gasteiger partial charge in [0.25, 0.3) is 0 Å². The van der Waals surface area contributed by atoms with Crippen molar-refractivity contribution >= 4 is 10.9 Å². The molecule has 0 atom stereocenters. The van der Waals surface area contributed by atoms with Crippen LogP contribution in [0.15, 0.2) is 24.3 Å². The summed E-state index contributed by atoms with van der Waals surface area (Å²) in [4.78, 5) is 4.42. The summed E-state index contributed by atoms with van der Waals surface area (Å²) in [6.07, 6.45) is 1.12. The number of nitrogens with zero attached hydrogens (tertiary/aromatic N) is 1. The zero-order valence-electron chi connectivity index (χ0n) is 13.1. The number of aryl methyl sites for hydroxylation is 2. The molecule has 0 aliphatic carbocycles. The standard InChI is InChI=1S/C18H22F3N/c1-3-5-6-7-8-14-12-16(18(19,20)21)15-11-13(4-2)9-10-17(15)22-14/h9-12H,3-8H2,1-2H3. The van der Waals surface area contributed by atoms with Gasteiger partial charge in [-0.3, -0.25) is 4.98 Å². The molecule has 2 aromatic rings. The lowest BCUT2D eigenvalue weighted by molar-refractivity contribution is -0.136. The number of alkyl halides is 3. The van der Waals surface area contributed by atoms with Crippen molar-refractivity contribution in [2.75, 3.05) is 0 Å². The third kappa shape index (κ3) is 3.99. The normalized spacial score (nSPS) is 12.0. The minimum absolute atomic E-state index is 0.212. The van der Waals surface area contributed by atoms with E-state index in [9.17, 15) is 13.2 Å². The Kier molecular flexibility index (Phi) is 5.43. The lowest BCUT2D eigenvalue weighted by Crippen LogP contribution is -2.08. The van der Waals surface area contributed by atoms with Crippen molar-refractivity contribution in [3.8, 4) is 0 Å². The van der Waals surface area contributed by atoms with Crippen LogP contribution < -0.4 is 0 Å². The number of aromatic nitrogens is 1. The van der Waals surface area contributed by atoms with E-state index in [1.807, 2.05) is 13.0 Å². The monoisotopic (exact) mass is 309 g/mol. The summed E-state index contributed by atoms with van der Waals surface area (Å²) in [6.45, 7) is 4.05. The molecular formula is C18H22F3N. The Bertz CT molecular complexity index is 632. The highest BCUT2D eigenvalue weighted by Gasteiger charge is 2.33. The van der Waals surface area contributed by atoms with Crippen LogP contribution in [0.2, 0.25) is 0 Å². The van der Waals surface area contributed by atoms with Crippen molar-refractivity contribution in [1.29, 1.82) is 0 Å². The number of pyridine rings is 1. The lowest BCUT2D eigenvalue weighted by Gasteiger charge is -2.13. The van der Waals surface area contributed by atoms with Gasteiger partial charge in [0.15, 0.2) is 0 Å². The molecule has 0 bridgehead atoms. The first-order valence-corrected chi connectivity index (χ1v) is 7.95. The van der Waals surface area contributed by atoms with Crippen LogP contribution in [-0.4, -0.2) is 4.98 Å². The fourth-order valence-corrected chi connectivity index (χ4v) is 2.64. The maximum absolute atomic E-state index is 13.3. The van der Waals surface area contributed by atoms with E-state index < -0.39 is 11.7 Å². The van der Waals surface area contributed by atoms with Gasteiger partial charge in [-0.2, -0.15) is 13.2 Å². The van der Waals surface area contributed by atoms with Crippen molar-refractivity contribution < 1.29 is 13.2 Å². The van der Waals surface area contributed by atoms with Crippen LogP contribution in [0.1, 0.15) is 56.4 Å². The molecule has 1 nitrogen and oxygen atoms in total. The number of unbranched alkanes of at least 4 members (excludes halogenated alkanes) is 3. The molecule has 0 aliphatic heterocycles. The fraction of sp³-hybridized carbons (Fsp3) is 0.500.